The van der Waals surface area contributed by atoms with Crippen molar-refractivity contribution < 1.29 is 22.4 Å². The van der Waals surface area contributed by atoms with Gasteiger partial charge in [0.1, 0.15) is 0 Å². The Hall–Kier alpha value is 0.01000. The highest BCUT2D eigenvalue weighted by Gasteiger charge is 2.49. The van der Waals surface area contributed by atoms with Gasteiger partial charge in [-0.3, -0.25) is 4.57 Å². The molecule has 0 spiro atoms. The Balaban J connectivity index is 4.58. The van der Waals surface area contributed by atoms with Crippen LogP contribution < -0.4 is 0 Å². The minimum atomic E-state index is -4.41. The summed E-state index contributed by atoms with van der Waals surface area (Å²) in [6.07, 6.45) is 1.07. The molecule has 0 unspecified atom stereocenters. The Bertz CT molecular complexity index is 314. The molecule has 0 amide bonds. The molecule has 0 saturated heterocycles. The first-order chi connectivity index (χ1) is 8.66. The molecule has 0 aliphatic heterocycles. The standard InChI is InChI=1S/C14H29F2O3P/c1-12(2,3)8-10-18-20(17,14(7,15)16)19-11-9-13(4,5)6/h8-11H2,1-7H3. The molecular weight excluding hydrogens is 285 g/mol. The quantitative estimate of drug-likeness (QED) is 0.566. The number of alkyl halides is 2. The summed E-state index contributed by atoms with van der Waals surface area (Å²) in [5.74, 6) is 0. The van der Waals surface area contributed by atoms with Crippen molar-refractivity contribution in [1.82, 2.24) is 0 Å². The van der Waals surface area contributed by atoms with Crippen LogP contribution in [0, 0.1) is 10.8 Å². The molecule has 122 valence electrons. The monoisotopic (exact) mass is 314 g/mol. The van der Waals surface area contributed by atoms with Crippen molar-refractivity contribution in [2.24, 2.45) is 10.8 Å². The Morgan fingerprint density at radius 2 is 1.10 bits per heavy atom. The van der Waals surface area contributed by atoms with Gasteiger partial charge in [-0.05, 0) is 23.7 Å². The van der Waals surface area contributed by atoms with Gasteiger partial charge in [0.05, 0.1) is 13.2 Å². The van der Waals surface area contributed by atoms with E-state index in [0.29, 0.717) is 19.8 Å². The van der Waals surface area contributed by atoms with Crippen LogP contribution in [-0.4, -0.2) is 18.9 Å². The van der Waals surface area contributed by atoms with Gasteiger partial charge >= 0.3 is 13.3 Å². The maximum atomic E-state index is 13.5. The molecule has 0 atom stereocenters. The van der Waals surface area contributed by atoms with Gasteiger partial charge in [-0.2, -0.15) is 8.78 Å². The lowest BCUT2D eigenvalue weighted by molar-refractivity contribution is 0.0461. The largest absolute Gasteiger partial charge is 0.399 e. The third kappa shape index (κ3) is 8.33. The topological polar surface area (TPSA) is 35.5 Å². The zero-order valence-corrected chi connectivity index (χ0v) is 14.7. The van der Waals surface area contributed by atoms with E-state index in [1.165, 1.54) is 0 Å². The van der Waals surface area contributed by atoms with Crippen LogP contribution >= 0.6 is 7.60 Å². The van der Waals surface area contributed by atoms with E-state index in [0.717, 1.165) is 0 Å². The maximum absolute atomic E-state index is 13.5. The van der Waals surface area contributed by atoms with Gasteiger partial charge < -0.3 is 9.05 Å². The van der Waals surface area contributed by atoms with Crippen molar-refractivity contribution in [3.8, 4) is 0 Å². The molecule has 0 fully saturated rings. The summed E-state index contributed by atoms with van der Waals surface area (Å²) < 4.78 is 49.1. The minimum absolute atomic E-state index is 0.000272. The average molecular weight is 314 g/mol. The van der Waals surface area contributed by atoms with Crippen molar-refractivity contribution in [2.75, 3.05) is 13.2 Å². The summed E-state index contributed by atoms with van der Waals surface area (Å²) in [6.45, 7) is 12.4. The number of hydrogen-bond acceptors (Lipinski definition) is 3. The zero-order valence-electron chi connectivity index (χ0n) is 13.8. The van der Waals surface area contributed by atoms with Crippen LogP contribution in [0.15, 0.2) is 0 Å². The second-order valence-electron chi connectivity index (χ2n) is 7.63. The van der Waals surface area contributed by atoms with E-state index in [1.807, 2.05) is 41.5 Å². The van der Waals surface area contributed by atoms with Crippen LogP contribution in [0.5, 0.6) is 0 Å². The van der Waals surface area contributed by atoms with E-state index in [4.69, 9.17) is 9.05 Å². The normalized spacial score (nSPS) is 14.7. The Morgan fingerprint density at radius 3 is 1.30 bits per heavy atom. The molecule has 0 aliphatic rings. The fourth-order valence-corrected chi connectivity index (χ4v) is 2.40. The molecule has 3 nitrogen and oxygen atoms in total. The third-order valence-corrected chi connectivity index (χ3v) is 4.71. The number of rotatable bonds is 7. The van der Waals surface area contributed by atoms with Crippen molar-refractivity contribution in [1.29, 1.82) is 0 Å². The summed E-state index contributed by atoms with van der Waals surface area (Å²) in [4.78, 5) is 0. The van der Waals surface area contributed by atoms with Crippen molar-refractivity contribution in [2.45, 2.75) is 67.0 Å². The lowest BCUT2D eigenvalue weighted by atomic mass is 9.93. The highest BCUT2D eigenvalue weighted by molar-refractivity contribution is 7.55. The van der Waals surface area contributed by atoms with Crippen LogP contribution in [-0.2, 0) is 13.6 Å². The molecule has 0 aromatic heterocycles. The lowest BCUT2D eigenvalue weighted by Gasteiger charge is -2.27. The summed E-state index contributed by atoms with van der Waals surface area (Å²) in [5.41, 5.74) is -3.62. The van der Waals surface area contributed by atoms with Gasteiger partial charge in [0.2, 0.25) is 0 Å². The van der Waals surface area contributed by atoms with E-state index in [1.54, 1.807) is 0 Å². The molecule has 0 aromatic rings. The first-order valence-electron chi connectivity index (χ1n) is 6.93. The molecule has 0 aromatic carbocycles. The fourth-order valence-electron chi connectivity index (χ4n) is 1.21. The SMILES string of the molecule is CC(C)(C)CCOP(=O)(OCCC(C)(C)C)C(C)(F)F. The molecular formula is C14H29F2O3P. The summed E-state index contributed by atoms with van der Waals surface area (Å²) in [6, 6.07) is 0. The van der Waals surface area contributed by atoms with E-state index in [-0.39, 0.29) is 24.0 Å². The van der Waals surface area contributed by atoms with Crippen molar-refractivity contribution in [3.63, 3.8) is 0 Å². The van der Waals surface area contributed by atoms with Crippen LogP contribution in [0.1, 0.15) is 61.3 Å². The molecule has 0 radical (unpaired) electrons. The summed E-state index contributed by atoms with van der Waals surface area (Å²) in [5, 5.41) is 0. The Kier molecular flexibility index (Phi) is 6.85. The summed E-state index contributed by atoms with van der Waals surface area (Å²) >= 11 is 0. The van der Waals surface area contributed by atoms with E-state index in [2.05, 4.69) is 0 Å². The molecule has 0 rings (SSSR count). The van der Waals surface area contributed by atoms with Gasteiger partial charge in [0.15, 0.2) is 0 Å². The van der Waals surface area contributed by atoms with Crippen LogP contribution in [0.25, 0.3) is 0 Å². The van der Waals surface area contributed by atoms with Crippen molar-refractivity contribution >= 4 is 7.60 Å². The smallest absolute Gasteiger partial charge is 0.304 e. The first-order valence-corrected chi connectivity index (χ1v) is 8.48. The highest BCUT2D eigenvalue weighted by Crippen LogP contribution is 2.62. The van der Waals surface area contributed by atoms with Gasteiger partial charge in [-0.25, -0.2) is 0 Å². The molecule has 0 N–H and O–H groups in total. The maximum Gasteiger partial charge on any atom is 0.399 e. The Morgan fingerprint density at radius 1 is 0.800 bits per heavy atom. The van der Waals surface area contributed by atoms with Crippen molar-refractivity contribution in [3.05, 3.63) is 0 Å². The van der Waals surface area contributed by atoms with E-state index < -0.39 is 13.3 Å². The lowest BCUT2D eigenvalue weighted by Crippen LogP contribution is -2.19. The van der Waals surface area contributed by atoms with Gasteiger partial charge in [0.25, 0.3) is 0 Å². The van der Waals surface area contributed by atoms with Gasteiger partial charge in [-0.15, -0.1) is 0 Å². The average Bonchev–Trinajstić information content (AvgIpc) is 2.11. The predicted octanol–water partition coefficient (Wildman–Crippen LogP) is 5.70. The van der Waals surface area contributed by atoms with E-state index in [9.17, 15) is 13.3 Å². The second-order valence-corrected chi connectivity index (χ2v) is 9.92. The Labute approximate surface area is 122 Å². The minimum Gasteiger partial charge on any atom is -0.304 e. The second kappa shape index (κ2) is 6.85. The molecule has 0 heterocycles. The fraction of sp³-hybridized carbons (Fsp3) is 1.00. The first kappa shape index (κ1) is 20.0. The van der Waals surface area contributed by atoms with E-state index >= 15 is 0 Å². The third-order valence-electron chi connectivity index (χ3n) is 2.71. The molecule has 0 aliphatic carbocycles. The molecule has 6 heteroatoms. The number of halogens is 2. The van der Waals surface area contributed by atoms with Gasteiger partial charge in [-0.1, -0.05) is 41.5 Å². The number of hydrogen-bond donors (Lipinski definition) is 0. The molecule has 0 bridgehead atoms. The van der Waals surface area contributed by atoms with Crippen LogP contribution in [0.2, 0.25) is 0 Å². The van der Waals surface area contributed by atoms with Crippen LogP contribution in [0.3, 0.4) is 0 Å². The van der Waals surface area contributed by atoms with Crippen LogP contribution in [0.4, 0.5) is 8.78 Å². The van der Waals surface area contributed by atoms with Gasteiger partial charge in [0, 0.05) is 6.92 Å². The predicted molar refractivity (Wildman–Crippen MR) is 78.3 cm³/mol. The summed E-state index contributed by atoms with van der Waals surface area (Å²) in [7, 11) is -4.41. The molecule has 20 heavy (non-hydrogen) atoms. The highest BCUT2D eigenvalue weighted by atomic mass is 31.2. The zero-order chi connectivity index (χ0) is 16.2. The molecule has 0 saturated carbocycles.